The first-order chi connectivity index (χ1) is 16.5. The van der Waals surface area contributed by atoms with Crippen molar-refractivity contribution in [2.75, 3.05) is 39.3 Å². The molecule has 3 heterocycles. The first kappa shape index (κ1) is 25.9. The zero-order chi connectivity index (χ0) is 25.5. The Kier molecular flexibility index (Phi) is 7.15. The quantitative estimate of drug-likeness (QED) is 0.559. The zero-order valence-corrected chi connectivity index (χ0v) is 21.5. The molecule has 35 heavy (non-hydrogen) atoms. The molecule has 194 valence electrons. The highest BCUT2D eigenvalue weighted by atomic mass is 32.2. The van der Waals surface area contributed by atoms with Crippen LogP contribution >= 0.6 is 0 Å². The monoisotopic (exact) mass is 528 g/mol. The second kappa shape index (κ2) is 9.68. The van der Waals surface area contributed by atoms with E-state index in [1.807, 2.05) is 0 Å². The van der Waals surface area contributed by atoms with Crippen LogP contribution in [0.5, 0.6) is 0 Å². The number of fused-ring (bicyclic) bond motifs is 2. The predicted octanol–water partition coefficient (Wildman–Crippen LogP) is 1.08. The van der Waals surface area contributed by atoms with Crippen LogP contribution in [0.25, 0.3) is 0 Å². The molecule has 0 aromatic heterocycles. The number of nitrogens with zero attached hydrogens (tertiary/aromatic N) is 4. The van der Waals surface area contributed by atoms with Gasteiger partial charge >= 0.3 is 6.09 Å². The highest BCUT2D eigenvalue weighted by molar-refractivity contribution is 7.89. The van der Waals surface area contributed by atoms with Gasteiger partial charge < -0.3 is 14.9 Å². The van der Waals surface area contributed by atoms with Gasteiger partial charge in [-0.25, -0.2) is 21.6 Å². The largest absolute Gasteiger partial charge is 0.465 e. The van der Waals surface area contributed by atoms with Crippen molar-refractivity contribution in [1.29, 1.82) is 0 Å². The van der Waals surface area contributed by atoms with E-state index in [9.17, 15) is 31.5 Å². The van der Waals surface area contributed by atoms with E-state index >= 15 is 0 Å². The van der Waals surface area contributed by atoms with Crippen LogP contribution in [0.3, 0.4) is 0 Å². The highest BCUT2D eigenvalue weighted by Crippen LogP contribution is 2.34. The molecular formula is C22H32N4O7S2. The summed E-state index contributed by atoms with van der Waals surface area (Å²) in [6.07, 6.45) is 0.751. The third-order valence-corrected chi connectivity index (χ3v) is 11.3. The van der Waals surface area contributed by atoms with Gasteiger partial charge in [0, 0.05) is 39.3 Å². The topological polar surface area (TPSA) is 136 Å². The summed E-state index contributed by atoms with van der Waals surface area (Å²) in [6, 6.07) is 4.87. The van der Waals surface area contributed by atoms with Gasteiger partial charge in [-0.2, -0.15) is 8.61 Å². The number of hydrogen-bond donors (Lipinski definition) is 1. The van der Waals surface area contributed by atoms with Crippen LogP contribution < -0.4 is 0 Å². The van der Waals surface area contributed by atoms with Gasteiger partial charge in [-0.05, 0) is 43.5 Å². The number of carbonyl (C=O) groups is 2. The molecule has 4 rings (SSSR count). The zero-order valence-electron chi connectivity index (χ0n) is 19.9. The maximum atomic E-state index is 13.3. The molecule has 13 heteroatoms. The van der Waals surface area contributed by atoms with Crippen molar-refractivity contribution in [2.24, 2.45) is 5.92 Å². The lowest BCUT2D eigenvalue weighted by atomic mass is 9.97. The Balaban J connectivity index is 1.46. The van der Waals surface area contributed by atoms with Gasteiger partial charge in [0.25, 0.3) is 0 Å². The average Bonchev–Trinajstić information content (AvgIpc) is 3.46. The molecule has 2 amide bonds. The van der Waals surface area contributed by atoms with Gasteiger partial charge in [0.2, 0.25) is 26.0 Å². The van der Waals surface area contributed by atoms with Crippen LogP contribution in [0.15, 0.2) is 34.1 Å². The van der Waals surface area contributed by atoms with Gasteiger partial charge in [-0.15, -0.1) is 0 Å². The molecule has 3 aliphatic rings. The predicted molar refractivity (Wildman–Crippen MR) is 127 cm³/mol. The van der Waals surface area contributed by atoms with E-state index in [0.717, 1.165) is 0 Å². The summed E-state index contributed by atoms with van der Waals surface area (Å²) in [5, 5.41) is 9.27. The van der Waals surface area contributed by atoms with Crippen molar-refractivity contribution in [1.82, 2.24) is 18.4 Å². The third kappa shape index (κ3) is 4.66. The van der Waals surface area contributed by atoms with E-state index in [0.29, 0.717) is 45.4 Å². The maximum absolute atomic E-state index is 13.3. The van der Waals surface area contributed by atoms with Gasteiger partial charge in [-0.3, -0.25) is 4.79 Å². The molecule has 11 nitrogen and oxygen atoms in total. The van der Waals surface area contributed by atoms with E-state index in [-0.39, 0.29) is 40.9 Å². The Morgan fingerprint density at radius 2 is 1.51 bits per heavy atom. The molecule has 3 atom stereocenters. The van der Waals surface area contributed by atoms with Gasteiger partial charge in [0.05, 0.1) is 27.8 Å². The van der Waals surface area contributed by atoms with E-state index in [1.165, 1.54) is 37.8 Å². The lowest BCUT2D eigenvalue weighted by Gasteiger charge is -2.37. The van der Waals surface area contributed by atoms with Crippen LogP contribution in [-0.2, 0) is 24.8 Å². The fraction of sp³-hybridized carbons (Fsp3) is 0.636. The minimum Gasteiger partial charge on any atom is -0.465 e. The summed E-state index contributed by atoms with van der Waals surface area (Å²) < 4.78 is 54.6. The molecule has 3 saturated heterocycles. The number of piperidine rings is 1. The molecule has 2 bridgehead atoms. The number of benzene rings is 1. The summed E-state index contributed by atoms with van der Waals surface area (Å²) in [5.41, 5.74) is 0. The number of piperazine rings is 1. The van der Waals surface area contributed by atoms with Crippen LogP contribution in [-0.4, -0.2) is 104 Å². The van der Waals surface area contributed by atoms with Gasteiger partial charge in [0.15, 0.2) is 0 Å². The van der Waals surface area contributed by atoms with E-state index in [4.69, 9.17) is 0 Å². The normalized spacial score (nSPS) is 25.4. The Morgan fingerprint density at radius 3 is 2.06 bits per heavy atom. The summed E-state index contributed by atoms with van der Waals surface area (Å²) >= 11 is 0. The van der Waals surface area contributed by atoms with E-state index in [1.54, 1.807) is 18.7 Å². The molecule has 1 unspecified atom stereocenters. The molecule has 1 N–H and O–H groups in total. The van der Waals surface area contributed by atoms with E-state index in [2.05, 4.69) is 0 Å². The number of amides is 2. The second-order valence-electron chi connectivity index (χ2n) is 9.23. The number of carboxylic acid groups (broad SMARTS) is 1. The number of sulfonamides is 2. The smallest absolute Gasteiger partial charge is 0.407 e. The van der Waals surface area contributed by atoms with Crippen molar-refractivity contribution in [3.63, 3.8) is 0 Å². The Bertz CT molecular complexity index is 1180. The van der Waals surface area contributed by atoms with Crippen LogP contribution in [0.1, 0.15) is 33.1 Å². The van der Waals surface area contributed by atoms with E-state index < -0.39 is 32.1 Å². The lowest BCUT2D eigenvalue weighted by Crippen LogP contribution is -2.53. The van der Waals surface area contributed by atoms with Crippen molar-refractivity contribution < 1.29 is 31.5 Å². The fourth-order valence-electron chi connectivity index (χ4n) is 5.41. The summed E-state index contributed by atoms with van der Waals surface area (Å²) in [7, 11) is -7.60. The molecule has 0 saturated carbocycles. The van der Waals surface area contributed by atoms with Crippen molar-refractivity contribution in [2.45, 2.75) is 55.0 Å². The molecule has 3 fully saturated rings. The number of likely N-dealkylation sites (tertiary alicyclic amines) is 2. The van der Waals surface area contributed by atoms with Crippen molar-refractivity contribution >= 4 is 32.0 Å². The summed E-state index contributed by atoms with van der Waals surface area (Å²) in [6.45, 7) is 5.09. The van der Waals surface area contributed by atoms with Crippen molar-refractivity contribution in [3.05, 3.63) is 24.3 Å². The summed E-state index contributed by atoms with van der Waals surface area (Å²) in [4.78, 5) is 27.6. The molecule has 3 aliphatic heterocycles. The minimum atomic E-state index is -3.91. The first-order valence-electron chi connectivity index (χ1n) is 11.9. The highest BCUT2D eigenvalue weighted by Gasteiger charge is 2.49. The third-order valence-electron chi connectivity index (χ3n) is 7.31. The van der Waals surface area contributed by atoms with Crippen molar-refractivity contribution in [3.8, 4) is 0 Å². The maximum Gasteiger partial charge on any atom is 0.407 e. The fourth-order valence-corrected chi connectivity index (χ4v) is 8.40. The molecule has 1 aromatic carbocycles. The van der Waals surface area contributed by atoms with Crippen LogP contribution in [0, 0.1) is 5.92 Å². The molecule has 1 aromatic rings. The minimum absolute atomic E-state index is 0.0126. The number of hydrogen-bond acceptors (Lipinski definition) is 6. The molecular weight excluding hydrogens is 496 g/mol. The average molecular weight is 529 g/mol. The second-order valence-corrected chi connectivity index (χ2v) is 13.1. The lowest BCUT2D eigenvalue weighted by molar-refractivity contribution is -0.138. The molecule has 0 aliphatic carbocycles. The molecule has 0 radical (unpaired) electrons. The molecule has 0 spiro atoms. The Hall–Kier alpha value is -2.22. The van der Waals surface area contributed by atoms with Gasteiger partial charge in [0.1, 0.15) is 0 Å². The Labute approximate surface area is 206 Å². The number of rotatable bonds is 7. The first-order valence-corrected chi connectivity index (χ1v) is 14.8. The standard InChI is InChI=1S/C22H32N4O7S2/c1-3-23(4-2)34(30,31)19-7-9-20(10-8-19)35(32,33)24-11-5-6-16(13-24)21(27)25-14-18-12-17(25)15-26(18)22(28)29/h7-10,16-18H,3-6,11-15H2,1-2H3,(H,28,29)/t16?,17-,18-/m0/s1. The SMILES string of the molecule is CCN(CC)S(=O)(=O)c1ccc(S(=O)(=O)N2CCCC(C(=O)N3C[C@@H]4C[C@H]3CN4C(=O)O)C2)cc1. The Morgan fingerprint density at radius 1 is 0.943 bits per heavy atom. The number of carbonyl (C=O) groups excluding carboxylic acids is 1. The van der Waals surface area contributed by atoms with Gasteiger partial charge in [-0.1, -0.05) is 13.8 Å². The van der Waals surface area contributed by atoms with Crippen LogP contribution in [0.4, 0.5) is 4.79 Å². The summed E-state index contributed by atoms with van der Waals surface area (Å²) in [5.74, 6) is -0.610. The van der Waals surface area contributed by atoms with Crippen LogP contribution in [0.2, 0.25) is 0 Å².